The van der Waals surface area contributed by atoms with Crippen molar-refractivity contribution >= 4 is 17.6 Å². The number of carbonyl (C=O) groups is 2. The van der Waals surface area contributed by atoms with Gasteiger partial charge in [0.25, 0.3) is 0 Å². The first-order chi connectivity index (χ1) is 13.9. The highest BCUT2D eigenvalue weighted by Crippen LogP contribution is 2.30. The molecular formula is C18H20F6N4O2. The molecule has 1 atom stereocenters. The average Bonchev–Trinajstić information content (AvgIpc) is 3.01. The van der Waals surface area contributed by atoms with E-state index in [4.69, 9.17) is 0 Å². The van der Waals surface area contributed by atoms with Crippen molar-refractivity contribution in [2.24, 2.45) is 5.92 Å². The summed E-state index contributed by atoms with van der Waals surface area (Å²) in [5.74, 6) is -1.58. The van der Waals surface area contributed by atoms with Gasteiger partial charge in [0, 0.05) is 38.3 Å². The van der Waals surface area contributed by atoms with Gasteiger partial charge in [-0.3, -0.25) is 9.59 Å². The minimum absolute atomic E-state index is 0.227. The molecule has 3 heterocycles. The first kappa shape index (κ1) is 22.2. The van der Waals surface area contributed by atoms with Crippen LogP contribution in [0.25, 0.3) is 0 Å². The number of rotatable bonds is 4. The highest BCUT2D eigenvalue weighted by atomic mass is 19.4. The molecule has 12 heteroatoms. The molecule has 0 bridgehead atoms. The SMILES string of the molecule is O=C(NC1CCN(c2ccc(C(F)(F)F)cn2)CC1)C1CC(=O)N(CC(F)(F)F)C1. The van der Waals surface area contributed by atoms with Gasteiger partial charge in [0.2, 0.25) is 11.8 Å². The second-order valence-corrected chi connectivity index (χ2v) is 7.46. The molecule has 0 aliphatic carbocycles. The fraction of sp³-hybridized carbons (Fsp3) is 0.611. The van der Waals surface area contributed by atoms with Crippen molar-refractivity contribution in [3.8, 4) is 0 Å². The number of nitrogens with zero attached hydrogens (tertiary/aromatic N) is 3. The van der Waals surface area contributed by atoms with Crippen LogP contribution in [0.4, 0.5) is 32.2 Å². The van der Waals surface area contributed by atoms with Gasteiger partial charge in [0.1, 0.15) is 12.4 Å². The molecule has 30 heavy (non-hydrogen) atoms. The van der Waals surface area contributed by atoms with Crippen LogP contribution in [-0.2, 0) is 15.8 Å². The Bertz CT molecular complexity index is 772. The Kier molecular flexibility index (Phi) is 6.14. The Morgan fingerprint density at radius 2 is 1.80 bits per heavy atom. The molecule has 1 unspecified atom stereocenters. The number of hydrogen-bond acceptors (Lipinski definition) is 4. The fourth-order valence-corrected chi connectivity index (χ4v) is 3.63. The van der Waals surface area contributed by atoms with Crippen LogP contribution in [0.1, 0.15) is 24.8 Å². The third-order valence-corrected chi connectivity index (χ3v) is 5.20. The van der Waals surface area contributed by atoms with Crippen molar-refractivity contribution in [3.63, 3.8) is 0 Å². The van der Waals surface area contributed by atoms with E-state index in [1.807, 2.05) is 0 Å². The summed E-state index contributed by atoms with van der Waals surface area (Å²) in [5, 5.41) is 2.77. The molecule has 166 valence electrons. The number of amides is 2. The van der Waals surface area contributed by atoms with Gasteiger partial charge < -0.3 is 15.1 Å². The van der Waals surface area contributed by atoms with Crippen molar-refractivity contribution in [1.82, 2.24) is 15.2 Å². The van der Waals surface area contributed by atoms with Gasteiger partial charge in [-0.15, -0.1) is 0 Å². The molecule has 0 aromatic carbocycles. The Balaban J connectivity index is 1.48. The molecular weight excluding hydrogens is 418 g/mol. The molecule has 1 aromatic rings. The smallest absolute Gasteiger partial charge is 0.356 e. The first-order valence-corrected chi connectivity index (χ1v) is 9.35. The highest BCUT2D eigenvalue weighted by Gasteiger charge is 2.41. The van der Waals surface area contributed by atoms with Crippen molar-refractivity contribution in [3.05, 3.63) is 23.9 Å². The lowest BCUT2D eigenvalue weighted by Gasteiger charge is -2.33. The van der Waals surface area contributed by atoms with Crippen LogP contribution in [0.15, 0.2) is 18.3 Å². The first-order valence-electron chi connectivity index (χ1n) is 9.35. The zero-order valence-electron chi connectivity index (χ0n) is 15.8. The zero-order chi connectivity index (χ0) is 22.1. The second-order valence-electron chi connectivity index (χ2n) is 7.46. The molecule has 0 saturated carbocycles. The molecule has 6 nitrogen and oxygen atoms in total. The van der Waals surface area contributed by atoms with Crippen LogP contribution in [0.5, 0.6) is 0 Å². The lowest BCUT2D eigenvalue weighted by atomic mass is 10.0. The summed E-state index contributed by atoms with van der Waals surface area (Å²) in [6.45, 7) is -0.729. The summed E-state index contributed by atoms with van der Waals surface area (Å²) >= 11 is 0. The van der Waals surface area contributed by atoms with Gasteiger partial charge in [-0.25, -0.2) is 4.98 Å². The topological polar surface area (TPSA) is 65.5 Å². The highest BCUT2D eigenvalue weighted by molar-refractivity contribution is 5.89. The van der Waals surface area contributed by atoms with Gasteiger partial charge in [-0.1, -0.05) is 0 Å². The zero-order valence-corrected chi connectivity index (χ0v) is 15.8. The molecule has 1 aromatic heterocycles. The Hall–Kier alpha value is -2.53. The molecule has 2 amide bonds. The van der Waals surface area contributed by atoms with Crippen LogP contribution in [0.3, 0.4) is 0 Å². The Labute approximate surface area is 168 Å². The standard InChI is InChI=1S/C18H20F6N4O2/c19-17(20,21)10-28-9-11(7-15(28)29)16(30)26-13-3-5-27(6-4-13)14-2-1-12(8-25-14)18(22,23)24/h1-2,8,11,13H,3-7,9-10H2,(H,26,30). The maximum atomic E-state index is 12.6. The number of piperidine rings is 1. The van der Waals surface area contributed by atoms with Crippen LogP contribution in [0, 0.1) is 5.92 Å². The quantitative estimate of drug-likeness (QED) is 0.735. The molecule has 2 aliphatic heterocycles. The van der Waals surface area contributed by atoms with Crippen molar-refractivity contribution in [2.45, 2.75) is 37.7 Å². The van der Waals surface area contributed by atoms with Gasteiger partial charge in [-0.2, -0.15) is 26.3 Å². The number of carbonyl (C=O) groups excluding carboxylic acids is 2. The third-order valence-electron chi connectivity index (χ3n) is 5.20. The van der Waals surface area contributed by atoms with E-state index < -0.39 is 42.2 Å². The largest absolute Gasteiger partial charge is 0.417 e. The minimum Gasteiger partial charge on any atom is -0.356 e. The monoisotopic (exact) mass is 438 g/mol. The van der Waals surface area contributed by atoms with E-state index in [0.29, 0.717) is 36.6 Å². The van der Waals surface area contributed by atoms with E-state index in [1.54, 1.807) is 4.90 Å². The minimum atomic E-state index is -4.51. The van der Waals surface area contributed by atoms with Gasteiger partial charge >= 0.3 is 12.4 Å². The number of nitrogens with one attached hydrogen (secondary N) is 1. The number of hydrogen-bond donors (Lipinski definition) is 1. The summed E-state index contributed by atoms with van der Waals surface area (Å²) < 4.78 is 75.3. The number of anilines is 1. The van der Waals surface area contributed by atoms with E-state index in [2.05, 4.69) is 10.3 Å². The summed E-state index contributed by atoms with van der Waals surface area (Å²) in [7, 11) is 0. The summed E-state index contributed by atoms with van der Waals surface area (Å²) in [4.78, 5) is 30.3. The number of alkyl halides is 6. The van der Waals surface area contributed by atoms with Crippen LogP contribution < -0.4 is 10.2 Å². The summed E-state index contributed by atoms with van der Waals surface area (Å²) in [6, 6.07) is 2.02. The van der Waals surface area contributed by atoms with Gasteiger partial charge in [0.05, 0.1) is 11.5 Å². The Morgan fingerprint density at radius 3 is 2.33 bits per heavy atom. The number of likely N-dealkylation sites (tertiary alicyclic amines) is 1. The maximum Gasteiger partial charge on any atom is 0.417 e. The summed E-state index contributed by atoms with van der Waals surface area (Å²) in [5.41, 5.74) is -0.834. The van der Waals surface area contributed by atoms with E-state index in [9.17, 15) is 35.9 Å². The number of halogens is 6. The molecule has 0 radical (unpaired) electrons. The Morgan fingerprint density at radius 1 is 1.13 bits per heavy atom. The van der Waals surface area contributed by atoms with E-state index in [1.165, 1.54) is 6.07 Å². The normalized spacial score (nSPS) is 21.3. The second kappa shape index (κ2) is 8.31. The van der Waals surface area contributed by atoms with Crippen LogP contribution in [0.2, 0.25) is 0 Å². The molecule has 2 fully saturated rings. The third kappa shape index (κ3) is 5.54. The summed E-state index contributed by atoms with van der Waals surface area (Å²) in [6.07, 6.45) is -7.45. The molecule has 2 saturated heterocycles. The van der Waals surface area contributed by atoms with Crippen molar-refractivity contribution in [1.29, 1.82) is 0 Å². The van der Waals surface area contributed by atoms with Crippen LogP contribution >= 0.6 is 0 Å². The van der Waals surface area contributed by atoms with E-state index in [0.717, 1.165) is 12.3 Å². The van der Waals surface area contributed by atoms with Crippen LogP contribution in [-0.4, -0.2) is 60.1 Å². The predicted molar refractivity (Wildman–Crippen MR) is 93.4 cm³/mol. The molecule has 2 aliphatic rings. The number of aromatic nitrogens is 1. The molecule has 1 N–H and O–H groups in total. The van der Waals surface area contributed by atoms with Crippen molar-refractivity contribution in [2.75, 3.05) is 31.1 Å². The maximum absolute atomic E-state index is 12.6. The van der Waals surface area contributed by atoms with E-state index in [-0.39, 0.29) is 19.0 Å². The predicted octanol–water partition coefficient (Wildman–Crippen LogP) is 2.60. The lowest BCUT2D eigenvalue weighted by molar-refractivity contribution is -0.157. The molecule has 0 spiro atoms. The molecule has 3 rings (SSSR count). The van der Waals surface area contributed by atoms with Gasteiger partial charge in [0.15, 0.2) is 0 Å². The fourth-order valence-electron chi connectivity index (χ4n) is 3.63. The number of pyridine rings is 1. The van der Waals surface area contributed by atoms with E-state index >= 15 is 0 Å². The lowest BCUT2D eigenvalue weighted by Crippen LogP contribution is -2.47. The van der Waals surface area contributed by atoms with Crippen molar-refractivity contribution < 1.29 is 35.9 Å². The average molecular weight is 438 g/mol. The van der Waals surface area contributed by atoms with Gasteiger partial charge in [-0.05, 0) is 25.0 Å².